The lowest BCUT2D eigenvalue weighted by Gasteiger charge is -2.20. The summed E-state index contributed by atoms with van der Waals surface area (Å²) in [6.07, 6.45) is 3.91. The number of ether oxygens (including phenoxy) is 1. The summed E-state index contributed by atoms with van der Waals surface area (Å²) in [6, 6.07) is 6.50. The number of rotatable bonds is 8. The van der Waals surface area contributed by atoms with Gasteiger partial charge in [-0.1, -0.05) is 0 Å². The molecule has 0 bridgehead atoms. The van der Waals surface area contributed by atoms with Gasteiger partial charge in [-0.2, -0.15) is 0 Å². The van der Waals surface area contributed by atoms with Crippen molar-refractivity contribution in [1.82, 2.24) is 24.9 Å². The molecule has 150 valence electrons. The summed E-state index contributed by atoms with van der Waals surface area (Å²) in [6.45, 7) is 3.36. The molecule has 1 aromatic carbocycles. The van der Waals surface area contributed by atoms with Gasteiger partial charge in [0.05, 0.1) is 17.9 Å². The predicted molar refractivity (Wildman–Crippen MR) is 110 cm³/mol. The fourth-order valence-electron chi connectivity index (χ4n) is 3.20. The Balaban J connectivity index is 1.67. The van der Waals surface area contributed by atoms with E-state index in [0.717, 1.165) is 17.4 Å². The third kappa shape index (κ3) is 4.09. The van der Waals surface area contributed by atoms with Gasteiger partial charge in [-0.25, -0.2) is 24.3 Å². The number of hydrogen-bond acceptors (Lipinski definition) is 7. The van der Waals surface area contributed by atoms with Crippen LogP contribution in [0.4, 0.5) is 16.0 Å². The van der Waals surface area contributed by atoms with Crippen LogP contribution in [0.15, 0.2) is 36.9 Å². The number of halogens is 1. The lowest BCUT2D eigenvalue weighted by atomic mass is 10.1. The number of nitrogens with one attached hydrogen (secondary N) is 3. The second-order valence-electron chi connectivity index (χ2n) is 6.72. The predicted octanol–water partition coefficient (Wildman–Crippen LogP) is 3.66. The molecule has 0 aliphatic heterocycles. The van der Waals surface area contributed by atoms with Crippen molar-refractivity contribution in [1.29, 1.82) is 0 Å². The standard InChI is InChI=1S/C20H22FN7O/c1-12(27-20-17-19(24-10-23-17)25-11-26-20)15-8-13-4-5-14(21)9-16(13)28-18(15)22-6-3-7-29-2/h4-5,8-12H,3,6-7H2,1-2H3,(H,22,28)(H2,23,24,25,26,27). The summed E-state index contributed by atoms with van der Waals surface area (Å²) >= 11 is 0. The molecule has 29 heavy (non-hydrogen) atoms. The van der Waals surface area contributed by atoms with Crippen LogP contribution in [-0.4, -0.2) is 45.2 Å². The number of aromatic nitrogens is 5. The summed E-state index contributed by atoms with van der Waals surface area (Å²) in [5.41, 5.74) is 2.89. The molecule has 1 unspecified atom stereocenters. The molecule has 1 atom stereocenters. The Morgan fingerprint density at radius 2 is 2.07 bits per heavy atom. The molecular weight excluding hydrogens is 373 g/mol. The highest BCUT2D eigenvalue weighted by Gasteiger charge is 2.16. The largest absolute Gasteiger partial charge is 0.385 e. The number of anilines is 2. The summed E-state index contributed by atoms with van der Waals surface area (Å²) < 4.78 is 18.8. The number of H-pyrrole nitrogens is 1. The van der Waals surface area contributed by atoms with Crippen LogP contribution in [0.5, 0.6) is 0 Å². The van der Waals surface area contributed by atoms with Crippen LogP contribution in [0.3, 0.4) is 0 Å². The quantitative estimate of drug-likeness (QED) is 0.391. The second kappa shape index (κ2) is 8.36. The minimum absolute atomic E-state index is 0.128. The SMILES string of the molecule is COCCCNc1nc2cc(F)ccc2cc1C(C)Nc1ncnc2[nH]cnc12. The van der Waals surface area contributed by atoms with Gasteiger partial charge < -0.3 is 20.4 Å². The number of hydrogen-bond donors (Lipinski definition) is 3. The minimum Gasteiger partial charge on any atom is -0.385 e. The van der Waals surface area contributed by atoms with Gasteiger partial charge in [-0.3, -0.25) is 0 Å². The molecule has 0 saturated heterocycles. The first kappa shape index (κ1) is 19.0. The zero-order valence-electron chi connectivity index (χ0n) is 16.2. The summed E-state index contributed by atoms with van der Waals surface area (Å²) in [5, 5.41) is 7.61. The Morgan fingerprint density at radius 1 is 1.17 bits per heavy atom. The van der Waals surface area contributed by atoms with Crippen molar-refractivity contribution in [2.24, 2.45) is 0 Å². The van der Waals surface area contributed by atoms with Gasteiger partial charge in [0.15, 0.2) is 11.5 Å². The molecule has 3 heterocycles. The topological polar surface area (TPSA) is 101 Å². The van der Waals surface area contributed by atoms with Crippen LogP contribution in [0, 0.1) is 5.82 Å². The molecule has 0 amide bonds. The highest BCUT2D eigenvalue weighted by atomic mass is 19.1. The zero-order valence-corrected chi connectivity index (χ0v) is 16.2. The molecule has 9 heteroatoms. The number of aromatic amines is 1. The molecular formula is C20H22FN7O. The first-order valence-electron chi connectivity index (χ1n) is 9.39. The maximum Gasteiger partial charge on any atom is 0.162 e. The average Bonchev–Trinajstić information content (AvgIpc) is 3.20. The number of pyridine rings is 1. The third-order valence-electron chi connectivity index (χ3n) is 4.66. The van der Waals surface area contributed by atoms with Gasteiger partial charge >= 0.3 is 0 Å². The molecule has 0 spiro atoms. The van der Waals surface area contributed by atoms with E-state index in [0.29, 0.717) is 41.5 Å². The number of nitrogens with zero attached hydrogens (tertiary/aromatic N) is 4. The van der Waals surface area contributed by atoms with E-state index in [4.69, 9.17) is 4.74 Å². The van der Waals surface area contributed by atoms with Crippen molar-refractivity contribution >= 4 is 33.7 Å². The Bertz CT molecular complexity index is 1130. The first-order valence-corrected chi connectivity index (χ1v) is 9.39. The molecule has 0 radical (unpaired) electrons. The molecule has 4 aromatic rings. The smallest absolute Gasteiger partial charge is 0.162 e. The van der Waals surface area contributed by atoms with Gasteiger partial charge in [-0.05, 0) is 31.5 Å². The van der Waals surface area contributed by atoms with Crippen LogP contribution >= 0.6 is 0 Å². The van der Waals surface area contributed by atoms with Crippen molar-refractivity contribution in [3.63, 3.8) is 0 Å². The van der Waals surface area contributed by atoms with Crippen LogP contribution in [0.1, 0.15) is 24.9 Å². The second-order valence-corrected chi connectivity index (χ2v) is 6.72. The van der Waals surface area contributed by atoms with Crippen molar-refractivity contribution in [3.8, 4) is 0 Å². The Labute approximate surface area is 167 Å². The molecule has 8 nitrogen and oxygen atoms in total. The van der Waals surface area contributed by atoms with Crippen LogP contribution in [0.25, 0.3) is 22.1 Å². The molecule has 0 aliphatic carbocycles. The van der Waals surface area contributed by atoms with E-state index in [1.165, 1.54) is 18.5 Å². The van der Waals surface area contributed by atoms with Gasteiger partial charge in [0.2, 0.25) is 0 Å². The maximum absolute atomic E-state index is 13.7. The Morgan fingerprint density at radius 3 is 2.93 bits per heavy atom. The number of fused-ring (bicyclic) bond motifs is 2. The highest BCUT2D eigenvalue weighted by Crippen LogP contribution is 2.29. The zero-order chi connectivity index (χ0) is 20.2. The summed E-state index contributed by atoms with van der Waals surface area (Å²) in [4.78, 5) is 20.4. The first-order chi connectivity index (χ1) is 14.2. The average molecular weight is 395 g/mol. The van der Waals surface area contributed by atoms with Crippen molar-refractivity contribution in [2.75, 3.05) is 30.9 Å². The van der Waals surface area contributed by atoms with Crippen molar-refractivity contribution in [2.45, 2.75) is 19.4 Å². The van der Waals surface area contributed by atoms with Crippen molar-refractivity contribution in [3.05, 3.63) is 48.3 Å². The molecule has 0 saturated carbocycles. The van der Waals surface area contributed by atoms with Crippen molar-refractivity contribution < 1.29 is 9.13 Å². The fraction of sp³-hybridized carbons (Fsp3) is 0.300. The van der Waals surface area contributed by atoms with Gasteiger partial charge in [0.1, 0.15) is 23.5 Å². The van der Waals surface area contributed by atoms with E-state index in [2.05, 4.69) is 35.6 Å². The highest BCUT2D eigenvalue weighted by molar-refractivity contribution is 5.84. The van der Waals surface area contributed by atoms with Gasteiger partial charge in [0.25, 0.3) is 0 Å². The lowest BCUT2D eigenvalue weighted by molar-refractivity contribution is 0.197. The van der Waals surface area contributed by atoms with Crippen LogP contribution in [-0.2, 0) is 4.74 Å². The Kier molecular flexibility index (Phi) is 5.48. The monoisotopic (exact) mass is 395 g/mol. The van der Waals surface area contributed by atoms with Gasteiger partial charge in [0, 0.05) is 37.3 Å². The van der Waals surface area contributed by atoms with E-state index in [9.17, 15) is 4.39 Å². The third-order valence-corrected chi connectivity index (χ3v) is 4.66. The van der Waals surface area contributed by atoms with E-state index >= 15 is 0 Å². The number of benzene rings is 1. The van der Waals surface area contributed by atoms with E-state index in [1.54, 1.807) is 19.5 Å². The number of imidazole rings is 1. The summed E-state index contributed by atoms with van der Waals surface area (Å²) in [5.74, 6) is 1.02. The fourth-order valence-corrected chi connectivity index (χ4v) is 3.20. The molecule has 4 rings (SSSR count). The normalized spacial score (nSPS) is 12.4. The van der Waals surface area contributed by atoms with E-state index in [-0.39, 0.29) is 11.9 Å². The number of methoxy groups -OCH3 is 1. The molecule has 0 fully saturated rings. The maximum atomic E-state index is 13.7. The summed E-state index contributed by atoms with van der Waals surface area (Å²) in [7, 11) is 1.67. The van der Waals surface area contributed by atoms with Crippen LogP contribution < -0.4 is 10.6 Å². The molecule has 3 aromatic heterocycles. The lowest BCUT2D eigenvalue weighted by Crippen LogP contribution is -2.14. The molecule has 3 N–H and O–H groups in total. The van der Waals surface area contributed by atoms with E-state index in [1.807, 2.05) is 13.0 Å². The van der Waals surface area contributed by atoms with Crippen LogP contribution in [0.2, 0.25) is 0 Å². The van der Waals surface area contributed by atoms with E-state index < -0.39 is 0 Å². The Hall–Kier alpha value is -3.33. The molecule has 0 aliphatic rings. The van der Waals surface area contributed by atoms with Gasteiger partial charge in [-0.15, -0.1) is 0 Å². The minimum atomic E-state index is -0.309.